The topological polar surface area (TPSA) is 46.3 Å². The molecule has 0 heterocycles. The summed E-state index contributed by atoms with van der Waals surface area (Å²) in [5.41, 5.74) is 6.34. The van der Waals surface area contributed by atoms with Gasteiger partial charge >= 0.3 is 0 Å². The van der Waals surface area contributed by atoms with E-state index in [4.69, 9.17) is 5.73 Å². The lowest BCUT2D eigenvalue weighted by atomic mass is 9.62. The van der Waals surface area contributed by atoms with E-state index in [0.29, 0.717) is 6.54 Å². The third kappa shape index (κ3) is 2.08. The number of carbonyl (C=O) groups is 1. The summed E-state index contributed by atoms with van der Waals surface area (Å²) in [5.74, 6) is 0.268. The Morgan fingerprint density at radius 3 is 2.32 bits per heavy atom. The molecular formula is C16H22N2O. The smallest absolute Gasteiger partial charge is 0.237 e. The van der Waals surface area contributed by atoms with Crippen LogP contribution in [0, 0.1) is 5.92 Å². The second-order valence-corrected chi connectivity index (χ2v) is 4.91. The maximum Gasteiger partial charge on any atom is 0.237 e. The lowest BCUT2D eigenvalue weighted by Gasteiger charge is -2.44. The van der Waals surface area contributed by atoms with E-state index in [1.54, 1.807) is 0 Å². The SMILES string of the molecule is CCN(CC)C(=O)[C@@]1(c2ccccc2)C=C[C@H]1CN. The highest BCUT2D eigenvalue weighted by Gasteiger charge is 2.49. The molecule has 3 nitrogen and oxygen atoms in total. The van der Waals surface area contributed by atoms with Crippen molar-refractivity contribution in [2.45, 2.75) is 19.3 Å². The number of benzene rings is 1. The number of nitrogens with zero attached hydrogens (tertiary/aromatic N) is 1. The van der Waals surface area contributed by atoms with Gasteiger partial charge in [0, 0.05) is 25.6 Å². The highest BCUT2D eigenvalue weighted by molar-refractivity contribution is 5.93. The van der Waals surface area contributed by atoms with Crippen molar-refractivity contribution < 1.29 is 4.79 Å². The largest absolute Gasteiger partial charge is 0.342 e. The van der Waals surface area contributed by atoms with E-state index < -0.39 is 5.41 Å². The van der Waals surface area contributed by atoms with Crippen LogP contribution < -0.4 is 5.73 Å². The van der Waals surface area contributed by atoms with Crippen LogP contribution in [-0.2, 0) is 10.2 Å². The molecule has 0 saturated carbocycles. The maximum absolute atomic E-state index is 12.9. The molecule has 3 heteroatoms. The molecule has 0 fully saturated rings. The van der Waals surface area contributed by atoms with E-state index in [1.165, 1.54) is 0 Å². The summed E-state index contributed by atoms with van der Waals surface area (Å²) in [6.45, 7) is 5.99. The van der Waals surface area contributed by atoms with Gasteiger partial charge in [0.1, 0.15) is 0 Å². The Bertz CT molecular complexity index is 465. The van der Waals surface area contributed by atoms with Crippen LogP contribution in [0.2, 0.25) is 0 Å². The minimum Gasteiger partial charge on any atom is -0.342 e. The van der Waals surface area contributed by atoms with Gasteiger partial charge in [0.15, 0.2) is 0 Å². The molecule has 0 bridgehead atoms. The zero-order valence-corrected chi connectivity index (χ0v) is 11.7. The fraction of sp³-hybridized carbons (Fsp3) is 0.438. The minimum absolute atomic E-state index is 0.100. The first-order chi connectivity index (χ1) is 9.20. The summed E-state index contributed by atoms with van der Waals surface area (Å²) in [6, 6.07) is 9.97. The van der Waals surface area contributed by atoms with Crippen molar-refractivity contribution in [3.05, 3.63) is 48.0 Å². The van der Waals surface area contributed by atoms with Crippen LogP contribution in [0.5, 0.6) is 0 Å². The summed E-state index contributed by atoms with van der Waals surface area (Å²) in [5, 5.41) is 0. The minimum atomic E-state index is -0.554. The van der Waals surface area contributed by atoms with E-state index in [1.807, 2.05) is 55.2 Å². The molecule has 0 spiro atoms. The highest BCUT2D eigenvalue weighted by atomic mass is 16.2. The van der Waals surface area contributed by atoms with Gasteiger partial charge in [0.2, 0.25) is 5.91 Å². The van der Waals surface area contributed by atoms with Gasteiger partial charge in [-0.2, -0.15) is 0 Å². The van der Waals surface area contributed by atoms with Crippen LogP contribution in [0.1, 0.15) is 19.4 Å². The molecule has 102 valence electrons. The molecule has 1 aliphatic rings. The van der Waals surface area contributed by atoms with Crippen molar-refractivity contribution in [3.8, 4) is 0 Å². The molecular weight excluding hydrogens is 236 g/mol. The Morgan fingerprint density at radius 2 is 1.89 bits per heavy atom. The van der Waals surface area contributed by atoms with Gasteiger partial charge in [0.05, 0.1) is 5.41 Å². The number of amides is 1. The Hall–Kier alpha value is -1.61. The second-order valence-electron chi connectivity index (χ2n) is 4.91. The second kappa shape index (κ2) is 5.57. The van der Waals surface area contributed by atoms with Crippen molar-refractivity contribution in [2.75, 3.05) is 19.6 Å². The van der Waals surface area contributed by atoms with Gasteiger partial charge < -0.3 is 10.6 Å². The van der Waals surface area contributed by atoms with E-state index in [2.05, 4.69) is 6.08 Å². The number of hydrogen-bond donors (Lipinski definition) is 1. The van der Waals surface area contributed by atoms with Gasteiger partial charge in [-0.15, -0.1) is 0 Å². The average molecular weight is 258 g/mol. The fourth-order valence-electron chi connectivity index (χ4n) is 2.84. The molecule has 1 aromatic rings. The van der Waals surface area contributed by atoms with Crippen LogP contribution in [0.15, 0.2) is 42.5 Å². The molecule has 0 unspecified atom stereocenters. The van der Waals surface area contributed by atoms with Gasteiger partial charge in [0.25, 0.3) is 0 Å². The standard InChI is InChI=1S/C16H22N2O/c1-3-18(4-2)15(19)16(11-10-14(16)12-17)13-8-6-5-7-9-13/h5-11,14H,3-4,12,17H2,1-2H3/t14-,16+/m0/s1. The third-order valence-corrected chi connectivity index (χ3v) is 4.09. The van der Waals surface area contributed by atoms with Crippen LogP contribution in [0.4, 0.5) is 0 Å². The highest BCUT2D eigenvalue weighted by Crippen LogP contribution is 2.43. The molecule has 1 amide bonds. The predicted molar refractivity (Wildman–Crippen MR) is 77.7 cm³/mol. The normalized spacial score (nSPS) is 24.9. The monoisotopic (exact) mass is 258 g/mol. The summed E-state index contributed by atoms with van der Waals surface area (Å²) < 4.78 is 0. The summed E-state index contributed by atoms with van der Waals surface area (Å²) in [4.78, 5) is 14.8. The molecule has 0 aromatic heterocycles. The molecule has 2 N–H and O–H groups in total. The number of nitrogens with two attached hydrogens (primary N) is 1. The van der Waals surface area contributed by atoms with E-state index in [-0.39, 0.29) is 11.8 Å². The van der Waals surface area contributed by atoms with Crippen molar-refractivity contribution in [2.24, 2.45) is 11.7 Å². The Morgan fingerprint density at radius 1 is 1.26 bits per heavy atom. The number of likely N-dealkylation sites (N-methyl/N-ethyl adjacent to an activating group) is 1. The van der Waals surface area contributed by atoms with Gasteiger partial charge in [-0.3, -0.25) is 4.79 Å². The molecule has 0 aliphatic heterocycles. The average Bonchev–Trinajstić information content (AvgIpc) is 2.41. The molecule has 0 radical (unpaired) electrons. The van der Waals surface area contributed by atoms with Crippen LogP contribution in [0.3, 0.4) is 0 Å². The van der Waals surface area contributed by atoms with E-state index >= 15 is 0 Å². The zero-order chi connectivity index (χ0) is 13.9. The summed E-state index contributed by atoms with van der Waals surface area (Å²) in [6.07, 6.45) is 4.06. The molecule has 19 heavy (non-hydrogen) atoms. The van der Waals surface area contributed by atoms with Gasteiger partial charge in [-0.05, 0) is 19.4 Å². The first-order valence-electron chi connectivity index (χ1n) is 6.95. The van der Waals surface area contributed by atoms with Crippen molar-refractivity contribution in [1.29, 1.82) is 0 Å². The zero-order valence-electron chi connectivity index (χ0n) is 11.7. The molecule has 0 saturated heterocycles. The van der Waals surface area contributed by atoms with E-state index in [9.17, 15) is 4.79 Å². The van der Waals surface area contributed by atoms with Crippen LogP contribution in [0.25, 0.3) is 0 Å². The third-order valence-electron chi connectivity index (χ3n) is 4.09. The number of carbonyl (C=O) groups excluding carboxylic acids is 1. The molecule has 2 atom stereocenters. The quantitative estimate of drug-likeness (QED) is 0.820. The van der Waals surface area contributed by atoms with Crippen molar-refractivity contribution in [3.63, 3.8) is 0 Å². The maximum atomic E-state index is 12.9. The lowest BCUT2D eigenvalue weighted by Crippen LogP contribution is -2.55. The predicted octanol–water partition coefficient (Wildman–Crippen LogP) is 1.94. The fourth-order valence-corrected chi connectivity index (χ4v) is 2.84. The summed E-state index contributed by atoms with van der Waals surface area (Å²) >= 11 is 0. The molecule has 1 aromatic carbocycles. The van der Waals surface area contributed by atoms with E-state index in [0.717, 1.165) is 18.7 Å². The van der Waals surface area contributed by atoms with Crippen LogP contribution in [-0.4, -0.2) is 30.4 Å². The molecule has 2 rings (SSSR count). The first kappa shape index (κ1) is 13.8. The van der Waals surface area contributed by atoms with Crippen molar-refractivity contribution in [1.82, 2.24) is 4.90 Å². The number of hydrogen-bond acceptors (Lipinski definition) is 2. The Labute approximate surface area is 115 Å². The Balaban J connectivity index is 2.43. The number of rotatable bonds is 5. The van der Waals surface area contributed by atoms with Gasteiger partial charge in [-0.25, -0.2) is 0 Å². The van der Waals surface area contributed by atoms with Crippen LogP contribution >= 0.6 is 0 Å². The Kier molecular flexibility index (Phi) is 4.05. The van der Waals surface area contributed by atoms with Gasteiger partial charge in [-0.1, -0.05) is 42.5 Å². The summed E-state index contributed by atoms with van der Waals surface area (Å²) in [7, 11) is 0. The lowest BCUT2D eigenvalue weighted by molar-refractivity contribution is -0.137. The van der Waals surface area contributed by atoms with Crippen molar-refractivity contribution >= 4 is 5.91 Å². The first-order valence-corrected chi connectivity index (χ1v) is 6.95. The molecule has 1 aliphatic carbocycles.